The van der Waals surface area contributed by atoms with Crippen LogP contribution in [0.3, 0.4) is 0 Å². The Balaban J connectivity index is 0.000000545. The summed E-state index contributed by atoms with van der Waals surface area (Å²) in [6.45, 7) is 3.05. The average Bonchev–Trinajstić information content (AvgIpc) is 2.89. The Labute approximate surface area is 129 Å². The average molecular weight is 316 g/mol. The molecule has 8 nitrogen and oxygen atoms in total. The molecule has 22 heavy (non-hydrogen) atoms. The zero-order valence-corrected chi connectivity index (χ0v) is 12.7. The summed E-state index contributed by atoms with van der Waals surface area (Å²) in [5.41, 5.74) is -0.328. The molecular formula is C14H24N2O6. The number of likely N-dealkylation sites (N-methyl/N-ethyl adjacent to an activating group) is 1. The third-order valence-electron chi connectivity index (χ3n) is 5.27. The van der Waals surface area contributed by atoms with Gasteiger partial charge in [0.25, 0.3) is 6.47 Å². The second-order valence-corrected chi connectivity index (χ2v) is 6.18. The van der Waals surface area contributed by atoms with Crippen molar-refractivity contribution in [3.8, 4) is 0 Å². The number of ether oxygens (including phenoxy) is 1. The van der Waals surface area contributed by atoms with E-state index in [0.29, 0.717) is 26.3 Å². The second kappa shape index (κ2) is 6.91. The number of carbonyl (C=O) groups is 2. The lowest BCUT2D eigenvalue weighted by atomic mass is 10.0. The van der Waals surface area contributed by atoms with Crippen molar-refractivity contribution >= 4 is 12.4 Å². The van der Waals surface area contributed by atoms with Crippen molar-refractivity contribution in [2.24, 2.45) is 17.3 Å². The molecule has 2 aliphatic heterocycles. The van der Waals surface area contributed by atoms with Gasteiger partial charge in [-0.25, -0.2) is 0 Å². The number of hydrogen-bond donors (Lipinski definition) is 3. The molecule has 3 aliphatic rings. The quantitative estimate of drug-likeness (QED) is 0.520. The van der Waals surface area contributed by atoms with Crippen LogP contribution < -0.4 is 0 Å². The summed E-state index contributed by atoms with van der Waals surface area (Å²) in [4.78, 5) is 24.7. The lowest BCUT2D eigenvalue weighted by Crippen LogP contribution is -2.53. The molecule has 3 N–H and O–H groups in total. The molecule has 0 aromatic heterocycles. The Hall–Kier alpha value is -1.22. The number of carbonyl (C=O) groups excluding carboxylic acids is 1. The summed E-state index contributed by atoms with van der Waals surface area (Å²) in [6, 6.07) is -0.177. The number of aliphatic hydroxyl groups excluding tert-OH is 2. The first kappa shape index (κ1) is 17.1. The largest absolute Gasteiger partial charge is 0.483 e. The summed E-state index contributed by atoms with van der Waals surface area (Å²) in [5, 5.41) is 25.7. The fraction of sp³-hybridized carbons (Fsp3) is 0.857. The van der Waals surface area contributed by atoms with Gasteiger partial charge in [0, 0.05) is 25.0 Å². The molecule has 126 valence electrons. The molecule has 3 rings (SSSR count). The number of fused-ring (bicyclic) bond motifs is 1. The number of nitrogens with zero attached hydrogens (tertiary/aromatic N) is 2. The van der Waals surface area contributed by atoms with E-state index in [9.17, 15) is 15.0 Å². The van der Waals surface area contributed by atoms with Gasteiger partial charge in [0.05, 0.1) is 26.4 Å². The summed E-state index contributed by atoms with van der Waals surface area (Å²) in [7, 11) is 1.95. The summed E-state index contributed by atoms with van der Waals surface area (Å²) in [5.74, 6) is 0.654. The number of carboxylic acid groups (broad SMARTS) is 1. The molecule has 2 saturated heterocycles. The molecule has 0 spiro atoms. The molecule has 0 aromatic carbocycles. The zero-order chi connectivity index (χ0) is 16.3. The molecule has 2 unspecified atom stereocenters. The maximum atomic E-state index is 12.4. The van der Waals surface area contributed by atoms with Crippen LogP contribution in [-0.4, -0.2) is 96.7 Å². The van der Waals surface area contributed by atoms with Gasteiger partial charge in [0.2, 0.25) is 5.91 Å². The van der Waals surface area contributed by atoms with Gasteiger partial charge in [0.1, 0.15) is 6.04 Å². The highest BCUT2D eigenvalue weighted by molar-refractivity contribution is 5.82. The van der Waals surface area contributed by atoms with Crippen LogP contribution >= 0.6 is 0 Å². The lowest BCUT2D eigenvalue weighted by molar-refractivity contribution is -0.142. The van der Waals surface area contributed by atoms with Crippen molar-refractivity contribution < 1.29 is 29.6 Å². The van der Waals surface area contributed by atoms with Crippen LogP contribution in [0.2, 0.25) is 0 Å². The lowest BCUT2D eigenvalue weighted by Gasteiger charge is -2.35. The van der Waals surface area contributed by atoms with Crippen LogP contribution in [0, 0.1) is 17.3 Å². The van der Waals surface area contributed by atoms with Crippen molar-refractivity contribution in [3.05, 3.63) is 0 Å². The van der Waals surface area contributed by atoms with E-state index in [0.717, 1.165) is 6.54 Å². The van der Waals surface area contributed by atoms with E-state index in [4.69, 9.17) is 14.6 Å². The minimum absolute atomic E-state index is 0.0211. The van der Waals surface area contributed by atoms with E-state index in [2.05, 4.69) is 0 Å². The van der Waals surface area contributed by atoms with E-state index in [1.54, 1.807) is 0 Å². The second-order valence-electron chi connectivity index (χ2n) is 6.18. The molecule has 2 heterocycles. The summed E-state index contributed by atoms with van der Waals surface area (Å²) < 4.78 is 5.39. The first-order valence-electron chi connectivity index (χ1n) is 7.42. The van der Waals surface area contributed by atoms with E-state index < -0.39 is 0 Å². The van der Waals surface area contributed by atoms with Gasteiger partial charge in [-0.1, -0.05) is 0 Å². The first-order chi connectivity index (χ1) is 10.6. The van der Waals surface area contributed by atoms with Crippen LogP contribution in [0.4, 0.5) is 0 Å². The Kier molecular flexibility index (Phi) is 5.38. The van der Waals surface area contributed by atoms with E-state index in [1.165, 1.54) is 0 Å². The van der Waals surface area contributed by atoms with Crippen molar-refractivity contribution in [2.75, 3.05) is 53.1 Å². The maximum Gasteiger partial charge on any atom is 0.290 e. The van der Waals surface area contributed by atoms with Crippen LogP contribution in [0.5, 0.6) is 0 Å². The van der Waals surface area contributed by atoms with Gasteiger partial charge in [-0.2, -0.15) is 0 Å². The highest BCUT2D eigenvalue weighted by Gasteiger charge is 2.68. The molecule has 1 saturated carbocycles. The molecular weight excluding hydrogens is 292 g/mol. The third-order valence-corrected chi connectivity index (χ3v) is 5.27. The maximum absolute atomic E-state index is 12.4. The van der Waals surface area contributed by atoms with Gasteiger partial charge >= 0.3 is 0 Å². The smallest absolute Gasteiger partial charge is 0.290 e. The number of aliphatic hydroxyl groups is 2. The first-order valence-corrected chi connectivity index (χ1v) is 7.42. The zero-order valence-electron chi connectivity index (χ0n) is 12.7. The molecule has 1 aliphatic carbocycles. The van der Waals surface area contributed by atoms with Gasteiger partial charge < -0.3 is 25.0 Å². The summed E-state index contributed by atoms with van der Waals surface area (Å²) in [6.07, 6.45) is 0. The van der Waals surface area contributed by atoms with Gasteiger partial charge in [-0.3, -0.25) is 14.5 Å². The molecule has 0 radical (unpaired) electrons. The van der Waals surface area contributed by atoms with Gasteiger partial charge in [-0.15, -0.1) is 0 Å². The number of hydrogen-bond acceptors (Lipinski definition) is 6. The number of piperidine rings is 1. The Bertz CT molecular complexity index is 400. The van der Waals surface area contributed by atoms with Crippen LogP contribution in [0.1, 0.15) is 0 Å². The van der Waals surface area contributed by atoms with E-state index in [1.807, 2.05) is 16.8 Å². The minimum atomic E-state index is -0.328. The molecule has 0 bridgehead atoms. The van der Waals surface area contributed by atoms with E-state index in [-0.39, 0.29) is 48.9 Å². The number of morpholine rings is 1. The van der Waals surface area contributed by atoms with Crippen LogP contribution in [-0.2, 0) is 14.3 Å². The van der Waals surface area contributed by atoms with Gasteiger partial charge in [0.15, 0.2) is 0 Å². The fourth-order valence-electron chi connectivity index (χ4n) is 3.69. The fourth-order valence-corrected chi connectivity index (χ4v) is 3.69. The number of likely N-dealkylation sites (tertiary alicyclic amines) is 1. The topological polar surface area (TPSA) is 111 Å². The molecule has 0 aromatic rings. The van der Waals surface area contributed by atoms with Crippen LogP contribution in [0.25, 0.3) is 0 Å². The summed E-state index contributed by atoms with van der Waals surface area (Å²) >= 11 is 0. The molecule has 1 amide bonds. The molecule has 3 fully saturated rings. The normalized spacial score (nSPS) is 32.7. The highest BCUT2D eigenvalue weighted by Crippen LogP contribution is 2.62. The monoisotopic (exact) mass is 316 g/mol. The van der Waals surface area contributed by atoms with Crippen LogP contribution in [0.15, 0.2) is 0 Å². The van der Waals surface area contributed by atoms with Crippen molar-refractivity contribution in [1.29, 1.82) is 0 Å². The molecule has 3 atom stereocenters. The van der Waals surface area contributed by atoms with Gasteiger partial charge in [-0.05, 0) is 18.9 Å². The number of rotatable bonds is 3. The third kappa shape index (κ3) is 2.83. The van der Waals surface area contributed by atoms with Crippen molar-refractivity contribution in [2.45, 2.75) is 6.04 Å². The minimum Gasteiger partial charge on any atom is -0.483 e. The predicted octanol–water partition coefficient (Wildman–Crippen LogP) is -1.92. The Morgan fingerprint density at radius 3 is 2.32 bits per heavy atom. The van der Waals surface area contributed by atoms with Crippen molar-refractivity contribution in [3.63, 3.8) is 0 Å². The standard InChI is InChI=1S/C13H22N2O4.CH2O2/c1-14-2-3-19-6-11(14)12(18)15-4-9-10(5-15)13(9,7-16)8-17;2-1-3/h9-11,16-17H,2-8H2,1H3;1H,(H,2,3)/t9?,10?,11-;/m1./s1. The van der Waals surface area contributed by atoms with Crippen molar-refractivity contribution in [1.82, 2.24) is 9.80 Å². The molecule has 8 heteroatoms. The van der Waals surface area contributed by atoms with E-state index >= 15 is 0 Å². The number of amides is 1. The predicted molar refractivity (Wildman–Crippen MR) is 76.1 cm³/mol. The highest BCUT2D eigenvalue weighted by atomic mass is 16.5. The Morgan fingerprint density at radius 2 is 1.86 bits per heavy atom. The Morgan fingerprint density at radius 1 is 1.32 bits per heavy atom. The SMILES string of the molecule is CN1CCOC[C@@H]1C(=O)N1CC2C(C1)C2(CO)CO.O=CO.